The first-order valence-electron chi connectivity index (χ1n) is 6.49. The molecule has 0 bridgehead atoms. The maximum atomic E-state index is 11.3. The van der Waals surface area contributed by atoms with Gasteiger partial charge in [0.05, 0.1) is 11.8 Å². The van der Waals surface area contributed by atoms with E-state index in [4.69, 9.17) is 5.26 Å². The van der Waals surface area contributed by atoms with Crippen LogP contribution in [0.3, 0.4) is 0 Å². The monoisotopic (exact) mass is 294 g/mol. The molecule has 1 atom stereocenters. The number of nitrogens with zero attached hydrogens (tertiary/aromatic N) is 3. The molecule has 1 saturated heterocycles. The number of aryl methyl sites for hydroxylation is 1. The first-order valence-corrected chi connectivity index (χ1v) is 8.38. The summed E-state index contributed by atoms with van der Waals surface area (Å²) in [5, 5.41) is 9.16. The summed E-state index contributed by atoms with van der Waals surface area (Å²) in [5.74, 6) is 0.646. The van der Waals surface area contributed by atoms with E-state index in [1.165, 1.54) is 0 Å². The third kappa shape index (κ3) is 3.68. The number of nitrogens with one attached hydrogen (secondary N) is 1. The fourth-order valence-corrected chi connectivity index (χ4v) is 3.24. The van der Waals surface area contributed by atoms with Gasteiger partial charge < -0.3 is 4.90 Å². The van der Waals surface area contributed by atoms with Crippen LogP contribution in [0.15, 0.2) is 12.1 Å². The number of hydrogen-bond donors (Lipinski definition) is 1. The Balaban J connectivity index is 2.21. The number of pyridine rings is 1. The molecule has 2 heterocycles. The molecule has 108 valence electrons. The van der Waals surface area contributed by atoms with Crippen molar-refractivity contribution in [3.63, 3.8) is 0 Å². The van der Waals surface area contributed by atoms with Crippen molar-refractivity contribution >= 4 is 15.8 Å². The molecule has 0 amide bonds. The average Bonchev–Trinajstić information content (AvgIpc) is 2.37. The Morgan fingerprint density at radius 3 is 2.90 bits per heavy atom. The highest BCUT2D eigenvalue weighted by molar-refractivity contribution is 7.88. The van der Waals surface area contributed by atoms with Crippen LogP contribution < -0.4 is 9.62 Å². The zero-order valence-corrected chi connectivity index (χ0v) is 12.4. The molecule has 2 rings (SSSR count). The quantitative estimate of drug-likeness (QED) is 0.890. The molecule has 0 radical (unpaired) electrons. The Bertz CT molecular complexity index is 636. The molecule has 1 aliphatic heterocycles. The molecule has 0 unspecified atom stereocenters. The third-order valence-electron chi connectivity index (χ3n) is 3.24. The van der Waals surface area contributed by atoms with Crippen molar-refractivity contribution in [2.45, 2.75) is 25.8 Å². The van der Waals surface area contributed by atoms with Crippen LogP contribution >= 0.6 is 0 Å². The van der Waals surface area contributed by atoms with Crippen LogP contribution in [-0.2, 0) is 10.0 Å². The summed E-state index contributed by atoms with van der Waals surface area (Å²) >= 11 is 0. The highest BCUT2D eigenvalue weighted by Gasteiger charge is 2.24. The Morgan fingerprint density at radius 2 is 2.25 bits per heavy atom. The summed E-state index contributed by atoms with van der Waals surface area (Å²) in [6.45, 7) is 3.20. The van der Waals surface area contributed by atoms with Crippen molar-refractivity contribution in [2.75, 3.05) is 24.2 Å². The number of aromatic nitrogens is 1. The fraction of sp³-hybridized carbons (Fsp3) is 0.538. The van der Waals surface area contributed by atoms with Gasteiger partial charge in [-0.25, -0.2) is 18.1 Å². The summed E-state index contributed by atoms with van der Waals surface area (Å²) in [6.07, 6.45) is 2.84. The summed E-state index contributed by atoms with van der Waals surface area (Å²) in [5.41, 5.74) is 1.37. The largest absolute Gasteiger partial charge is 0.354 e. The maximum Gasteiger partial charge on any atom is 0.209 e. The maximum absolute atomic E-state index is 11.3. The van der Waals surface area contributed by atoms with Crippen LogP contribution in [0.2, 0.25) is 0 Å². The molecule has 1 aromatic rings. The molecule has 0 aromatic carbocycles. The van der Waals surface area contributed by atoms with E-state index in [1.54, 1.807) is 12.1 Å². The van der Waals surface area contributed by atoms with E-state index >= 15 is 0 Å². The summed E-state index contributed by atoms with van der Waals surface area (Å²) in [6, 6.07) is 5.57. The first kappa shape index (κ1) is 14.8. The number of piperidine rings is 1. The smallest absolute Gasteiger partial charge is 0.209 e. The zero-order valence-electron chi connectivity index (χ0n) is 11.6. The zero-order chi connectivity index (χ0) is 14.8. The molecular weight excluding hydrogens is 276 g/mol. The van der Waals surface area contributed by atoms with Crippen LogP contribution in [0.25, 0.3) is 0 Å². The topological polar surface area (TPSA) is 86.1 Å². The van der Waals surface area contributed by atoms with Gasteiger partial charge in [-0.15, -0.1) is 0 Å². The second-order valence-electron chi connectivity index (χ2n) is 5.11. The molecule has 1 aromatic heterocycles. The summed E-state index contributed by atoms with van der Waals surface area (Å²) in [4.78, 5) is 6.41. The van der Waals surface area contributed by atoms with E-state index in [9.17, 15) is 8.42 Å². The number of sulfonamides is 1. The SMILES string of the molecule is Cc1ccc(C#N)c(N2CCC[C@@H](NS(C)(=O)=O)C2)n1. The van der Waals surface area contributed by atoms with Crippen LogP contribution in [0.5, 0.6) is 0 Å². The molecule has 1 N–H and O–H groups in total. The molecule has 0 spiro atoms. The molecule has 6 nitrogen and oxygen atoms in total. The molecule has 20 heavy (non-hydrogen) atoms. The van der Waals surface area contributed by atoms with Gasteiger partial charge >= 0.3 is 0 Å². The molecule has 0 saturated carbocycles. The lowest BCUT2D eigenvalue weighted by atomic mass is 10.1. The summed E-state index contributed by atoms with van der Waals surface area (Å²) < 4.78 is 25.3. The fourth-order valence-electron chi connectivity index (χ4n) is 2.44. The Morgan fingerprint density at radius 1 is 1.50 bits per heavy atom. The van der Waals surface area contributed by atoms with E-state index in [1.807, 2.05) is 11.8 Å². The summed E-state index contributed by atoms with van der Waals surface area (Å²) in [7, 11) is -3.22. The van der Waals surface area contributed by atoms with Crippen molar-refractivity contribution in [2.24, 2.45) is 0 Å². The predicted octanol–water partition coefficient (Wildman–Crippen LogP) is 0.780. The number of nitriles is 1. The normalized spacial score (nSPS) is 19.6. The first-order chi connectivity index (χ1) is 9.39. The number of rotatable bonds is 3. The second kappa shape index (κ2) is 5.77. The molecule has 7 heteroatoms. The van der Waals surface area contributed by atoms with Crippen molar-refractivity contribution in [1.29, 1.82) is 5.26 Å². The van der Waals surface area contributed by atoms with Crippen molar-refractivity contribution < 1.29 is 8.42 Å². The van der Waals surface area contributed by atoms with Gasteiger partial charge in [0.2, 0.25) is 10.0 Å². The van der Waals surface area contributed by atoms with E-state index in [0.717, 1.165) is 31.3 Å². The second-order valence-corrected chi connectivity index (χ2v) is 6.89. The molecule has 0 aliphatic carbocycles. The average molecular weight is 294 g/mol. The molecule has 1 aliphatic rings. The molecular formula is C13H18N4O2S. The van der Waals surface area contributed by atoms with E-state index < -0.39 is 10.0 Å². The Labute approximate surface area is 119 Å². The van der Waals surface area contributed by atoms with Gasteiger partial charge in [0.25, 0.3) is 0 Å². The lowest BCUT2D eigenvalue weighted by Gasteiger charge is -2.34. The minimum atomic E-state index is -3.22. The Hall–Kier alpha value is -1.65. The molecule has 1 fully saturated rings. The van der Waals surface area contributed by atoms with E-state index in [-0.39, 0.29) is 6.04 Å². The Kier molecular flexibility index (Phi) is 4.26. The van der Waals surface area contributed by atoms with Crippen LogP contribution in [0.1, 0.15) is 24.1 Å². The lowest BCUT2D eigenvalue weighted by Crippen LogP contribution is -2.47. The minimum absolute atomic E-state index is 0.132. The van der Waals surface area contributed by atoms with Gasteiger partial charge in [0.15, 0.2) is 0 Å². The number of hydrogen-bond acceptors (Lipinski definition) is 5. The van der Waals surface area contributed by atoms with Crippen LogP contribution in [0.4, 0.5) is 5.82 Å². The van der Waals surface area contributed by atoms with Gasteiger partial charge in [-0.3, -0.25) is 0 Å². The van der Waals surface area contributed by atoms with Gasteiger partial charge in [-0.1, -0.05) is 0 Å². The number of anilines is 1. The van der Waals surface area contributed by atoms with Crippen molar-refractivity contribution in [1.82, 2.24) is 9.71 Å². The third-order valence-corrected chi connectivity index (χ3v) is 4.00. The van der Waals surface area contributed by atoms with Crippen LogP contribution in [0, 0.1) is 18.3 Å². The van der Waals surface area contributed by atoms with Crippen molar-refractivity contribution in [3.05, 3.63) is 23.4 Å². The van der Waals surface area contributed by atoms with E-state index in [0.29, 0.717) is 17.9 Å². The van der Waals surface area contributed by atoms with Gasteiger partial charge in [0, 0.05) is 24.8 Å². The lowest BCUT2D eigenvalue weighted by molar-refractivity contribution is 0.465. The van der Waals surface area contributed by atoms with Gasteiger partial charge in [0.1, 0.15) is 11.9 Å². The van der Waals surface area contributed by atoms with Gasteiger partial charge in [-0.2, -0.15) is 5.26 Å². The standard InChI is InChI=1S/C13H18N4O2S/c1-10-5-6-11(8-14)13(15-10)17-7-3-4-12(9-17)16-20(2,18)19/h5-6,12,16H,3-4,7,9H2,1-2H3/t12-/m1/s1. The minimum Gasteiger partial charge on any atom is -0.354 e. The van der Waals surface area contributed by atoms with Crippen molar-refractivity contribution in [3.8, 4) is 6.07 Å². The van der Waals surface area contributed by atoms with E-state index in [2.05, 4.69) is 15.8 Å². The highest BCUT2D eigenvalue weighted by atomic mass is 32.2. The van der Waals surface area contributed by atoms with Gasteiger partial charge in [-0.05, 0) is 31.9 Å². The highest BCUT2D eigenvalue weighted by Crippen LogP contribution is 2.22. The van der Waals surface area contributed by atoms with Crippen LogP contribution in [-0.4, -0.2) is 38.8 Å². The predicted molar refractivity (Wildman–Crippen MR) is 76.9 cm³/mol.